The maximum atomic E-state index is 13.8. The van der Waals surface area contributed by atoms with E-state index in [1.54, 1.807) is 6.07 Å². The summed E-state index contributed by atoms with van der Waals surface area (Å²) in [6, 6.07) is 34.7. The highest BCUT2D eigenvalue weighted by molar-refractivity contribution is 7.99. The Hall–Kier alpha value is -5.74. The SMILES string of the molecule is CC(C)(C)NC(=O)CC(CSc1ccccc1)Nc1ccc(S(=O)(=O)Nc2ncnc3cc(N4CCN(Cc5cc(Cl)ccc5-c5ccccc5)CC4)ccc23)cc1[N+](=O)[O-]. The van der Waals surface area contributed by atoms with Gasteiger partial charge in [-0.3, -0.25) is 24.5 Å². The number of benzene rings is 5. The number of carbonyl (C=O) groups is 1. The first-order chi connectivity index (χ1) is 29.2. The molecule has 6 aromatic rings. The maximum Gasteiger partial charge on any atom is 0.293 e. The van der Waals surface area contributed by atoms with Crippen LogP contribution in [-0.2, 0) is 21.4 Å². The molecule has 3 N–H and O–H groups in total. The fourth-order valence-electron chi connectivity index (χ4n) is 7.24. The molecule has 0 radical (unpaired) electrons. The van der Waals surface area contributed by atoms with Crippen molar-refractivity contribution >= 4 is 73.1 Å². The molecule has 1 atom stereocenters. The number of halogens is 1. The molecule has 7 rings (SSSR count). The van der Waals surface area contributed by atoms with Gasteiger partial charge in [-0.2, -0.15) is 0 Å². The van der Waals surface area contributed by atoms with Crippen LogP contribution in [0.25, 0.3) is 22.0 Å². The van der Waals surface area contributed by atoms with Crippen molar-refractivity contribution in [2.24, 2.45) is 0 Å². The largest absolute Gasteiger partial charge is 0.375 e. The van der Waals surface area contributed by atoms with Crippen LogP contribution in [0.4, 0.5) is 22.9 Å². The predicted octanol–water partition coefficient (Wildman–Crippen LogP) is 8.86. The molecular formula is C45H47ClN8O5S2. The second-order valence-corrected chi connectivity index (χ2v) is 19.1. The first kappa shape index (κ1) is 43.4. The van der Waals surface area contributed by atoms with Crippen LogP contribution in [0.15, 0.2) is 131 Å². The molecule has 61 heavy (non-hydrogen) atoms. The number of hydrogen-bond acceptors (Lipinski definition) is 11. The summed E-state index contributed by atoms with van der Waals surface area (Å²) in [6.07, 6.45) is 1.32. The van der Waals surface area contributed by atoms with Crippen molar-refractivity contribution in [3.8, 4) is 11.1 Å². The number of aromatic nitrogens is 2. The zero-order valence-corrected chi connectivity index (χ0v) is 36.4. The summed E-state index contributed by atoms with van der Waals surface area (Å²) in [7, 11) is -4.34. The Kier molecular flexibility index (Phi) is 13.4. The smallest absolute Gasteiger partial charge is 0.293 e. The first-order valence-electron chi connectivity index (χ1n) is 19.8. The number of amides is 1. The zero-order chi connectivity index (χ0) is 43.1. The molecule has 5 aromatic carbocycles. The number of rotatable bonds is 15. The molecule has 1 amide bonds. The minimum atomic E-state index is -4.34. The molecule has 0 spiro atoms. The Morgan fingerprint density at radius 2 is 1.62 bits per heavy atom. The van der Waals surface area contributed by atoms with E-state index < -0.39 is 32.2 Å². The Balaban J connectivity index is 1.04. The van der Waals surface area contributed by atoms with E-state index in [-0.39, 0.29) is 28.7 Å². The lowest BCUT2D eigenvalue weighted by Crippen LogP contribution is -2.46. The zero-order valence-electron chi connectivity index (χ0n) is 34.0. The van der Waals surface area contributed by atoms with Crippen molar-refractivity contribution in [3.05, 3.63) is 142 Å². The van der Waals surface area contributed by atoms with Gasteiger partial charge in [0.2, 0.25) is 5.91 Å². The summed E-state index contributed by atoms with van der Waals surface area (Å²) in [5.74, 6) is 0.239. The fourth-order valence-corrected chi connectivity index (χ4v) is 9.43. The summed E-state index contributed by atoms with van der Waals surface area (Å²) in [5, 5.41) is 19.7. The van der Waals surface area contributed by atoms with E-state index in [0.717, 1.165) is 60.5 Å². The van der Waals surface area contributed by atoms with Gasteiger partial charge in [-0.05, 0) is 92.1 Å². The van der Waals surface area contributed by atoms with E-state index in [9.17, 15) is 23.3 Å². The van der Waals surface area contributed by atoms with Gasteiger partial charge >= 0.3 is 0 Å². The quantitative estimate of drug-likeness (QED) is 0.0513. The highest BCUT2D eigenvalue weighted by atomic mass is 35.5. The van der Waals surface area contributed by atoms with Gasteiger partial charge in [-0.1, -0.05) is 66.2 Å². The Morgan fingerprint density at radius 3 is 2.33 bits per heavy atom. The molecule has 1 unspecified atom stereocenters. The number of carbonyl (C=O) groups excluding carboxylic acids is 1. The summed E-state index contributed by atoms with van der Waals surface area (Å²) in [6.45, 7) is 9.60. The standard InChI is InChI=1S/C45H47ClN8O5S2/c1-45(2,3)50-43(55)25-34(29-60-36-12-8-5-9-13-36)49-40-19-16-37(27-42(40)54(56)57)61(58,59)51-44-39-18-15-35(26-41(39)47-30-48-44)53-22-20-52(21-23-53)28-32-24-33(46)14-17-38(32)31-10-6-4-7-11-31/h4-19,24,26-27,30,34,49H,20-23,25,28-29H2,1-3H3,(H,50,55)(H,47,48,51). The van der Waals surface area contributed by atoms with E-state index in [1.165, 1.54) is 35.8 Å². The van der Waals surface area contributed by atoms with Crippen LogP contribution in [0.5, 0.6) is 0 Å². The van der Waals surface area contributed by atoms with Gasteiger partial charge in [-0.25, -0.2) is 18.4 Å². The van der Waals surface area contributed by atoms with Crippen molar-refractivity contribution < 1.29 is 18.1 Å². The molecule has 0 saturated carbocycles. The van der Waals surface area contributed by atoms with Crippen molar-refractivity contribution in [2.75, 3.05) is 46.9 Å². The molecule has 1 aromatic heterocycles. The third-order valence-electron chi connectivity index (χ3n) is 10.1. The molecule has 1 saturated heterocycles. The molecule has 1 aliphatic rings. The van der Waals surface area contributed by atoms with Crippen LogP contribution in [0.1, 0.15) is 32.8 Å². The van der Waals surface area contributed by atoms with E-state index in [1.807, 2.05) is 93.6 Å². The Morgan fingerprint density at radius 1 is 0.902 bits per heavy atom. The van der Waals surface area contributed by atoms with Gasteiger partial charge in [0.1, 0.15) is 12.0 Å². The van der Waals surface area contributed by atoms with Crippen LogP contribution in [0.3, 0.4) is 0 Å². The monoisotopic (exact) mass is 878 g/mol. The normalized spacial score (nSPS) is 14.1. The van der Waals surface area contributed by atoms with E-state index in [4.69, 9.17) is 11.6 Å². The van der Waals surface area contributed by atoms with Crippen molar-refractivity contribution in [2.45, 2.75) is 55.1 Å². The molecular weight excluding hydrogens is 832 g/mol. The average molecular weight is 880 g/mol. The van der Waals surface area contributed by atoms with Gasteiger partial charge in [0.15, 0.2) is 5.82 Å². The number of nitrogens with zero attached hydrogens (tertiary/aromatic N) is 5. The van der Waals surface area contributed by atoms with Gasteiger partial charge in [0, 0.05) is 83.5 Å². The van der Waals surface area contributed by atoms with Crippen LogP contribution in [0.2, 0.25) is 5.02 Å². The van der Waals surface area contributed by atoms with Crippen LogP contribution >= 0.6 is 23.4 Å². The third-order valence-corrected chi connectivity index (χ3v) is 12.9. The van der Waals surface area contributed by atoms with Gasteiger partial charge in [0.05, 0.1) is 15.3 Å². The third kappa shape index (κ3) is 11.4. The molecule has 13 nitrogen and oxygen atoms in total. The highest BCUT2D eigenvalue weighted by Crippen LogP contribution is 2.33. The number of nitrogens with one attached hydrogen (secondary N) is 3. The Labute approximate surface area is 365 Å². The minimum Gasteiger partial charge on any atom is -0.375 e. The number of anilines is 3. The number of nitro benzene ring substituents is 1. The van der Waals surface area contributed by atoms with Crippen LogP contribution in [0, 0.1) is 10.1 Å². The summed E-state index contributed by atoms with van der Waals surface area (Å²) in [5.41, 5.74) is 4.15. The van der Waals surface area contributed by atoms with Gasteiger partial charge in [-0.15, -0.1) is 11.8 Å². The van der Waals surface area contributed by atoms with E-state index >= 15 is 0 Å². The molecule has 2 heterocycles. The van der Waals surface area contributed by atoms with Crippen LogP contribution < -0.4 is 20.3 Å². The van der Waals surface area contributed by atoms with E-state index in [2.05, 4.69) is 53.3 Å². The summed E-state index contributed by atoms with van der Waals surface area (Å²) in [4.78, 5) is 38.7. The van der Waals surface area contributed by atoms with Crippen molar-refractivity contribution in [1.82, 2.24) is 20.2 Å². The lowest BCUT2D eigenvalue weighted by Gasteiger charge is -2.36. The summed E-state index contributed by atoms with van der Waals surface area (Å²) >= 11 is 7.93. The second kappa shape index (κ2) is 18.9. The fraction of sp³-hybridized carbons (Fsp3) is 0.267. The van der Waals surface area contributed by atoms with Gasteiger partial charge in [0.25, 0.3) is 15.7 Å². The molecule has 1 fully saturated rings. The average Bonchev–Trinajstić information content (AvgIpc) is 3.23. The second-order valence-electron chi connectivity index (χ2n) is 15.9. The molecule has 0 aliphatic carbocycles. The van der Waals surface area contributed by atoms with Crippen molar-refractivity contribution in [3.63, 3.8) is 0 Å². The number of piperazine rings is 1. The molecule has 16 heteroatoms. The predicted molar refractivity (Wildman–Crippen MR) is 245 cm³/mol. The molecule has 316 valence electrons. The maximum absolute atomic E-state index is 13.8. The number of thioether (sulfide) groups is 1. The lowest BCUT2D eigenvalue weighted by molar-refractivity contribution is -0.384. The van der Waals surface area contributed by atoms with Gasteiger partial charge < -0.3 is 15.5 Å². The Bertz CT molecular complexity index is 2620. The number of hydrogen-bond donors (Lipinski definition) is 3. The lowest BCUT2D eigenvalue weighted by atomic mass is 9.99. The molecule has 1 aliphatic heterocycles. The molecule has 0 bridgehead atoms. The number of fused-ring (bicyclic) bond motifs is 1. The summed E-state index contributed by atoms with van der Waals surface area (Å²) < 4.78 is 30.1. The minimum absolute atomic E-state index is 0.0362. The van der Waals surface area contributed by atoms with E-state index in [0.29, 0.717) is 21.7 Å². The number of nitro groups is 1. The first-order valence-corrected chi connectivity index (χ1v) is 22.7. The highest BCUT2D eigenvalue weighted by Gasteiger charge is 2.27. The van der Waals surface area contributed by atoms with Crippen molar-refractivity contribution in [1.29, 1.82) is 0 Å². The topological polar surface area (TPSA) is 163 Å². The number of sulfonamides is 1. The van der Waals surface area contributed by atoms with Crippen LogP contribution in [-0.4, -0.2) is 77.6 Å².